The maximum Gasteiger partial charge on any atom is 0.333 e. The second-order valence-electron chi connectivity index (χ2n) is 24.3. The number of fused-ring (bicyclic) bond motifs is 5. The SMILES string of the molecule is Cc1cc(-c2ccccc2)ccc1N1c2cc(C(c3ccc(C(C)(C)C)cc3)c3ccc(C(C)(C)C)cc3)ccc2B2c3c(cc(-c4ccccc4)cc31)-c1cc3ccccc3cc1N2c1ccc(C(C)(C)C)cc1. The lowest BCUT2D eigenvalue weighted by Gasteiger charge is -2.46. The molecule has 0 atom stereocenters. The molecule has 2 aliphatic heterocycles. The molecule has 2 aliphatic rings. The second-order valence-corrected chi connectivity index (χ2v) is 24.3. The first kappa shape index (κ1) is 48.1. The number of nitrogens with zero attached hydrogens (tertiary/aromatic N) is 2. The van der Waals surface area contributed by atoms with Gasteiger partial charge in [0, 0.05) is 39.9 Å². The van der Waals surface area contributed by atoms with E-state index in [-0.39, 0.29) is 29.0 Å². The Morgan fingerprint density at radius 3 is 1.41 bits per heavy atom. The van der Waals surface area contributed by atoms with Crippen LogP contribution >= 0.6 is 0 Å². The third-order valence-corrected chi connectivity index (χ3v) is 16.2. The van der Waals surface area contributed by atoms with Crippen molar-refractivity contribution < 1.29 is 0 Å². The molecule has 0 saturated heterocycles. The van der Waals surface area contributed by atoms with Gasteiger partial charge in [-0.25, -0.2) is 0 Å². The first-order chi connectivity index (χ1) is 36.0. The summed E-state index contributed by atoms with van der Waals surface area (Å²) in [4.78, 5) is 5.29. The van der Waals surface area contributed by atoms with E-state index in [9.17, 15) is 0 Å². The second kappa shape index (κ2) is 18.2. The van der Waals surface area contributed by atoms with Crippen LogP contribution in [-0.4, -0.2) is 6.85 Å². The molecule has 2 nitrogen and oxygen atoms in total. The zero-order valence-corrected chi connectivity index (χ0v) is 45.3. The molecule has 12 rings (SSSR count). The van der Waals surface area contributed by atoms with Crippen molar-refractivity contribution in [3.05, 3.63) is 257 Å². The number of hydrogen-bond donors (Lipinski definition) is 0. The molecule has 2 heterocycles. The van der Waals surface area contributed by atoms with Gasteiger partial charge in [-0.1, -0.05) is 226 Å². The topological polar surface area (TPSA) is 6.48 Å². The van der Waals surface area contributed by atoms with Crippen LogP contribution in [0.1, 0.15) is 107 Å². The van der Waals surface area contributed by atoms with Gasteiger partial charge in [0.25, 0.3) is 0 Å². The highest BCUT2D eigenvalue weighted by molar-refractivity contribution is 6.93. The molecule has 0 spiro atoms. The molecule has 0 aliphatic carbocycles. The summed E-state index contributed by atoms with van der Waals surface area (Å²) in [6, 6.07) is 83.4. The van der Waals surface area contributed by atoms with Crippen molar-refractivity contribution in [2.24, 2.45) is 0 Å². The molecule has 0 fully saturated rings. The first-order valence-corrected chi connectivity index (χ1v) is 27.0. The van der Waals surface area contributed by atoms with Crippen molar-refractivity contribution in [1.29, 1.82) is 0 Å². The summed E-state index contributed by atoms with van der Waals surface area (Å²) in [7, 11) is 0. The molecule has 0 unspecified atom stereocenters. The maximum absolute atomic E-state index is 2.66. The number of benzene rings is 10. The van der Waals surface area contributed by atoms with Crippen LogP contribution in [0.5, 0.6) is 0 Å². The predicted octanol–water partition coefficient (Wildman–Crippen LogP) is 18.3. The third kappa shape index (κ3) is 8.67. The largest absolute Gasteiger partial charge is 0.376 e. The van der Waals surface area contributed by atoms with Gasteiger partial charge in [-0.05, 0) is 166 Å². The van der Waals surface area contributed by atoms with Crippen LogP contribution in [0.2, 0.25) is 0 Å². The summed E-state index contributed by atoms with van der Waals surface area (Å²) < 4.78 is 0. The summed E-state index contributed by atoms with van der Waals surface area (Å²) in [6.07, 6.45) is 0. The average Bonchev–Trinajstić information content (AvgIpc) is 3.43. The lowest BCUT2D eigenvalue weighted by molar-refractivity contribution is 0.589. The molecule has 368 valence electrons. The lowest BCUT2D eigenvalue weighted by Crippen LogP contribution is -2.61. The zero-order valence-electron chi connectivity index (χ0n) is 45.3. The molecule has 3 heteroatoms. The Bertz CT molecular complexity index is 3700. The Kier molecular flexibility index (Phi) is 11.7. The molecule has 10 aromatic rings. The Morgan fingerprint density at radius 2 is 0.867 bits per heavy atom. The molecule has 0 aromatic heterocycles. The van der Waals surface area contributed by atoms with Crippen LogP contribution in [0.15, 0.2) is 218 Å². The predicted molar refractivity (Wildman–Crippen MR) is 323 cm³/mol. The molecular weight excluding hydrogens is 904 g/mol. The van der Waals surface area contributed by atoms with E-state index in [0.29, 0.717) is 0 Å². The molecule has 0 amide bonds. The number of rotatable bonds is 7. The van der Waals surface area contributed by atoms with E-state index in [2.05, 4.69) is 297 Å². The molecular formula is C72H67BN2. The summed E-state index contributed by atoms with van der Waals surface area (Å²) >= 11 is 0. The van der Waals surface area contributed by atoms with Gasteiger partial charge in [0.15, 0.2) is 0 Å². The molecule has 0 saturated carbocycles. The minimum absolute atomic E-state index is 0.0150. The summed E-state index contributed by atoms with van der Waals surface area (Å²) in [5, 5.41) is 2.47. The fourth-order valence-electron chi connectivity index (χ4n) is 11.9. The van der Waals surface area contributed by atoms with Gasteiger partial charge in [-0.3, -0.25) is 0 Å². The fraction of sp³-hybridized carbons (Fsp3) is 0.194. The van der Waals surface area contributed by atoms with Crippen LogP contribution in [-0.2, 0) is 16.2 Å². The van der Waals surface area contributed by atoms with Crippen LogP contribution in [0.25, 0.3) is 44.2 Å². The van der Waals surface area contributed by atoms with Crippen molar-refractivity contribution >= 4 is 57.0 Å². The van der Waals surface area contributed by atoms with Gasteiger partial charge >= 0.3 is 6.85 Å². The first-order valence-electron chi connectivity index (χ1n) is 27.0. The Labute approximate surface area is 446 Å². The van der Waals surface area contributed by atoms with Crippen molar-refractivity contribution in [2.45, 2.75) is 91.4 Å². The minimum atomic E-state index is -0.145. The van der Waals surface area contributed by atoms with Crippen molar-refractivity contribution in [3.8, 4) is 33.4 Å². The van der Waals surface area contributed by atoms with E-state index in [0.717, 1.165) is 0 Å². The van der Waals surface area contributed by atoms with Gasteiger partial charge in [0.2, 0.25) is 0 Å². The smallest absolute Gasteiger partial charge is 0.333 e. The number of hydrogen-bond acceptors (Lipinski definition) is 2. The van der Waals surface area contributed by atoms with Crippen molar-refractivity contribution in [3.63, 3.8) is 0 Å². The average molecular weight is 971 g/mol. The molecule has 10 aromatic carbocycles. The fourth-order valence-corrected chi connectivity index (χ4v) is 11.9. The minimum Gasteiger partial charge on any atom is -0.376 e. The molecule has 0 N–H and O–H groups in total. The normalized spacial score (nSPS) is 13.2. The van der Waals surface area contributed by atoms with Crippen molar-refractivity contribution in [2.75, 3.05) is 9.71 Å². The Morgan fingerprint density at radius 1 is 0.360 bits per heavy atom. The highest BCUT2D eigenvalue weighted by atomic mass is 15.2. The van der Waals surface area contributed by atoms with Crippen LogP contribution in [0.3, 0.4) is 0 Å². The molecule has 0 bridgehead atoms. The zero-order chi connectivity index (χ0) is 52.0. The Hall–Kier alpha value is -7.88. The van der Waals surface area contributed by atoms with E-state index in [1.54, 1.807) is 0 Å². The maximum atomic E-state index is 2.66. The highest BCUT2D eigenvalue weighted by Crippen LogP contribution is 2.51. The standard InChI is InChI=1S/C72H67BN2/c1-47-41-54(48-19-13-11-14-20-48)30-40-64(47)74-66-45-55(68(50-25-31-57(32-26-50)70(2,3)4)51-27-33-58(34-28-51)71(5,6)7)29-39-63(66)73-69-62(43-56(46-67(69)74)49-21-15-12-16-22-49)61-42-52-23-17-18-24-53(52)44-65(61)75(73)60-37-35-59(36-38-60)72(8,9)10/h11-46,68H,1-10H3. The van der Waals surface area contributed by atoms with Gasteiger partial charge in [-0.2, -0.15) is 0 Å². The quantitative estimate of drug-likeness (QED) is 0.116. The molecule has 0 radical (unpaired) electrons. The van der Waals surface area contributed by atoms with Crippen molar-refractivity contribution in [1.82, 2.24) is 0 Å². The number of anilines is 5. The van der Waals surface area contributed by atoms with E-state index in [4.69, 9.17) is 0 Å². The highest BCUT2D eigenvalue weighted by Gasteiger charge is 2.46. The van der Waals surface area contributed by atoms with Gasteiger partial charge in [-0.15, -0.1) is 0 Å². The third-order valence-electron chi connectivity index (χ3n) is 16.2. The summed E-state index contributed by atoms with van der Waals surface area (Å²) in [6.45, 7) is 22.9. The van der Waals surface area contributed by atoms with Crippen LogP contribution < -0.4 is 20.6 Å². The van der Waals surface area contributed by atoms with E-state index in [1.165, 1.54) is 122 Å². The van der Waals surface area contributed by atoms with E-state index < -0.39 is 0 Å². The van der Waals surface area contributed by atoms with Gasteiger partial charge in [0.05, 0.1) is 0 Å². The van der Waals surface area contributed by atoms with E-state index >= 15 is 0 Å². The number of aryl methyl sites for hydroxylation is 1. The van der Waals surface area contributed by atoms with Crippen LogP contribution in [0, 0.1) is 6.92 Å². The summed E-state index contributed by atoms with van der Waals surface area (Å²) in [5.74, 6) is -0.0196. The van der Waals surface area contributed by atoms with Gasteiger partial charge in [0.1, 0.15) is 0 Å². The van der Waals surface area contributed by atoms with Crippen LogP contribution in [0.4, 0.5) is 28.4 Å². The Balaban J connectivity index is 1.17. The van der Waals surface area contributed by atoms with E-state index in [1.807, 2.05) is 0 Å². The lowest BCUT2D eigenvalue weighted by atomic mass is 9.43. The monoisotopic (exact) mass is 971 g/mol. The molecule has 75 heavy (non-hydrogen) atoms. The summed E-state index contributed by atoms with van der Waals surface area (Å²) in [5.41, 5.74) is 25.0. The van der Waals surface area contributed by atoms with Gasteiger partial charge < -0.3 is 9.71 Å².